The van der Waals surface area contributed by atoms with E-state index in [9.17, 15) is 4.79 Å². The molecule has 1 heterocycles. The minimum absolute atomic E-state index is 0. The van der Waals surface area contributed by atoms with Crippen LogP contribution in [0.3, 0.4) is 0 Å². The molecule has 1 rings (SSSR count). The Balaban J connectivity index is 0.00000289. The second kappa shape index (κ2) is 8.73. The quantitative estimate of drug-likeness (QED) is 0.832. The smallest absolute Gasteiger partial charge is 0.239 e. The molecule has 0 radical (unpaired) electrons. The predicted octanol–water partition coefficient (Wildman–Crippen LogP) is 1.67. The number of halogens is 1. The molecule has 0 aliphatic carbocycles. The Kier molecular flexibility index (Phi) is 8.57. The molecule has 0 aromatic rings. The summed E-state index contributed by atoms with van der Waals surface area (Å²) < 4.78 is 5.42. The van der Waals surface area contributed by atoms with Crippen LogP contribution in [0.5, 0.6) is 0 Å². The minimum Gasteiger partial charge on any atom is -0.381 e. The van der Waals surface area contributed by atoms with Crippen LogP contribution in [0.15, 0.2) is 0 Å². The molecule has 0 aromatic carbocycles. The Labute approximate surface area is 117 Å². The van der Waals surface area contributed by atoms with E-state index in [1.165, 1.54) is 0 Å². The Morgan fingerprint density at radius 2 is 2.22 bits per heavy atom. The molecule has 4 nitrogen and oxygen atoms in total. The number of amides is 1. The number of carbonyl (C=O) groups excluding carboxylic acids is 1. The summed E-state index contributed by atoms with van der Waals surface area (Å²) in [6.45, 7) is 6.49. The van der Waals surface area contributed by atoms with Gasteiger partial charge in [-0.1, -0.05) is 20.3 Å². The van der Waals surface area contributed by atoms with Gasteiger partial charge in [0.25, 0.3) is 0 Å². The van der Waals surface area contributed by atoms with Gasteiger partial charge in [-0.25, -0.2) is 0 Å². The third kappa shape index (κ3) is 5.12. The van der Waals surface area contributed by atoms with Crippen LogP contribution in [0.25, 0.3) is 0 Å². The Morgan fingerprint density at radius 3 is 2.72 bits per heavy atom. The van der Waals surface area contributed by atoms with Crippen molar-refractivity contribution in [2.45, 2.75) is 39.2 Å². The maximum absolute atomic E-state index is 12.1. The zero-order chi connectivity index (χ0) is 12.8. The zero-order valence-corrected chi connectivity index (χ0v) is 12.5. The molecule has 1 aliphatic heterocycles. The lowest BCUT2D eigenvalue weighted by Crippen LogP contribution is -2.47. The average molecular weight is 279 g/mol. The van der Waals surface area contributed by atoms with E-state index in [-0.39, 0.29) is 30.3 Å². The molecule has 2 N–H and O–H groups in total. The summed E-state index contributed by atoms with van der Waals surface area (Å²) in [6.07, 6.45) is 3.19. The van der Waals surface area contributed by atoms with Crippen molar-refractivity contribution >= 4 is 18.3 Å². The van der Waals surface area contributed by atoms with Crippen LogP contribution >= 0.6 is 12.4 Å². The molecule has 3 unspecified atom stereocenters. The van der Waals surface area contributed by atoms with Crippen LogP contribution in [-0.2, 0) is 9.53 Å². The molecule has 3 atom stereocenters. The van der Waals surface area contributed by atoms with Gasteiger partial charge in [0.1, 0.15) is 0 Å². The number of rotatable bonds is 5. The molecule has 5 heteroatoms. The molecule has 0 bridgehead atoms. The van der Waals surface area contributed by atoms with Crippen molar-refractivity contribution < 1.29 is 9.53 Å². The van der Waals surface area contributed by atoms with Gasteiger partial charge in [-0.3, -0.25) is 4.79 Å². The molecule has 1 amide bonds. The highest BCUT2D eigenvalue weighted by Gasteiger charge is 2.25. The Bertz CT molecular complexity index is 245. The summed E-state index contributed by atoms with van der Waals surface area (Å²) in [5.41, 5.74) is 5.95. The first kappa shape index (κ1) is 17.7. The average Bonchev–Trinajstić information content (AvgIpc) is 2.37. The van der Waals surface area contributed by atoms with Crippen molar-refractivity contribution in [3.05, 3.63) is 0 Å². The number of ether oxygens (including phenoxy) is 1. The van der Waals surface area contributed by atoms with E-state index in [0.717, 1.165) is 39.0 Å². The highest BCUT2D eigenvalue weighted by atomic mass is 35.5. The van der Waals surface area contributed by atoms with Gasteiger partial charge in [0, 0.05) is 20.2 Å². The molecule has 1 aliphatic rings. The molecule has 1 saturated heterocycles. The second-order valence-electron chi connectivity index (χ2n) is 5.21. The summed E-state index contributed by atoms with van der Waals surface area (Å²) in [5.74, 6) is 0.777. The van der Waals surface area contributed by atoms with Crippen LogP contribution in [0.2, 0.25) is 0 Å². The van der Waals surface area contributed by atoms with Gasteiger partial charge in [0.05, 0.1) is 12.6 Å². The monoisotopic (exact) mass is 278 g/mol. The molecule has 108 valence electrons. The van der Waals surface area contributed by atoms with Gasteiger partial charge in [0.2, 0.25) is 5.91 Å². The fourth-order valence-corrected chi connectivity index (χ4v) is 2.18. The summed E-state index contributed by atoms with van der Waals surface area (Å²) in [4.78, 5) is 13.9. The molecule has 18 heavy (non-hydrogen) atoms. The summed E-state index contributed by atoms with van der Waals surface area (Å²) >= 11 is 0. The van der Waals surface area contributed by atoms with Crippen molar-refractivity contribution in [3.8, 4) is 0 Å². The first-order chi connectivity index (χ1) is 8.06. The number of hydrogen-bond donors (Lipinski definition) is 1. The number of carbonyl (C=O) groups is 1. The topological polar surface area (TPSA) is 55.6 Å². The van der Waals surface area contributed by atoms with E-state index in [4.69, 9.17) is 10.5 Å². The number of nitrogens with two attached hydrogens (primary N) is 1. The lowest BCUT2D eigenvalue weighted by Gasteiger charge is -2.30. The summed E-state index contributed by atoms with van der Waals surface area (Å²) in [6, 6.07) is -0.366. The predicted molar refractivity (Wildman–Crippen MR) is 75.9 cm³/mol. The Morgan fingerprint density at radius 1 is 1.56 bits per heavy atom. The van der Waals surface area contributed by atoms with Gasteiger partial charge in [-0.2, -0.15) is 0 Å². The highest BCUT2D eigenvalue weighted by Crippen LogP contribution is 2.15. The summed E-state index contributed by atoms with van der Waals surface area (Å²) in [5, 5.41) is 0. The van der Waals surface area contributed by atoms with Crippen molar-refractivity contribution in [2.75, 3.05) is 26.8 Å². The summed E-state index contributed by atoms with van der Waals surface area (Å²) in [7, 11) is 1.85. The van der Waals surface area contributed by atoms with E-state index in [0.29, 0.717) is 5.92 Å². The fraction of sp³-hybridized carbons (Fsp3) is 0.923. The van der Waals surface area contributed by atoms with Gasteiger partial charge >= 0.3 is 0 Å². The van der Waals surface area contributed by atoms with E-state index in [1.54, 1.807) is 4.90 Å². The number of hydrogen-bond acceptors (Lipinski definition) is 3. The number of nitrogens with zero attached hydrogens (tertiary/aromatic N) is 1. The molecular weight excluding hydrogens is 252 g/mol. The molecular formula is C13H27ClN2O2. The van der Waals surface area contributed by atoms with Crippen LogP contribution in [0.4, 0.5) is 0 Å². The zero-order valence-electron chi connectivity index (χ0n) is 11.7. The van der Waals surface area contributed by atoms with Gasteiger partial charge in [-0.05, 0) is 24.7 Å². The van der Waals surface area contributed by atoms with Crippen molar-refractivity contribution in [1.29, 1.82) is 0 Å². The van der Waals surface area contributed by atoms with Crippen LogP contribution < -0.4 is 5.73 Å². The van der Waals surface area contributed by atoms with E-state index < -0.39 is 0 Å². The lowest BCUT2D eigenvalue weighted by atomic mass is 9.97. The standard InChI is InChI=1S/C13H26N2O2.ClH/c1-4-10(2)12(14)13(16)15(3)8-11-6-5-7-17-9-11;/h10-12H,4-9,14H2,1-3H3;1H. The van der Waals surface area contributed by atoms with Gasteiger partial charge in [0.15, 0.2) is 0 Å². The molecule has 0 spiro atoms. The SMILES string of the molecule is CCC(C)C(N)C(=O)N(C)CC1CCCOC1.Cl. The second-order valence-corrected chi connectivity index (χ2v) is 5.21. The largest absolute Gasteiger partial charge is 0.381 e. The maximum atomic E-state index is 12.1. The van der Waals surface area contributed by atoms with E-state index in [2.05, 4.69) is 6.92 Å². The normalized spacial score (nSPS) is 22.8. The minimum atomic E-state index is -0.366. The van der Waals surface area contributed by atoms with Gasteiger partial charge < -0.3 is 15.4 Å². The number of likely N-dealkylation sites (N-methyl/N-ethyl adjacent to an activating group) is 1. The first-order valence-electron chi connectivity index (χ1n) is 6.64. The van der Waals surface area contributed by atoms with Crippen LogP contribution in [-0.4, -0.2) is 43.7 Å². The Hall–Kier alpha value is -0.320. The van der Waals surface area contributed by atoms with Crippen LogP contribution in [0, 0.1) is 11.8 Å². The third-order valence-electron chi connectivity index (χ3n) is 3.71. The third-order valence-corrected chi connectivity index (χ3v) is 3.71. The fourth-order valence-electron chi connectivity index (χ4n) is 2.18. The molecule has 0 saturated carbocycles. The molecule has 1 fully saturated rings. The van der Waals surface area contributed by atoms with Crippen molar-refractivity contribution in [1.82, 2.24) is 4.90 Å². The van der Waals surface area contributed by atoms with E-state index >= 15 is 0 Å². The van der Waals surface area contributed by atoms with Crippen molar-refractivity contribution in [3.63, 3.8) is 0 Å². The first-order valence-corrected chi connectivity index (χ1v) is 6.64. The van der Waals surface area contributed by atoms with Crippen molar-refractivity contribution in [2.24, 2.45) is 17.6 Å². The van der Waals surface area contributed by atoms with E-state index in [1.807, 2.05) is 14.0 Å². The maximum Gasteiger partial charge on any atom is 0.239 e. The molecule has 0 aromatic heterocycles. The van der Waals surface area contributed by atoms with Crippen LogP contribution in [0.1, 0.15) is 33.1 Å². The lowest BCUT2D eigenvalue weighted by molar-refractivity contribution is -0.133. The van der Waals surface area contributed by atoms with Gasteiger partial charge in [-0.15, -0.1) is 12.4 Å². The highest BCUT2D eigenvalue weighted by molar-refractivity contribution is 5.85.